The Hall–Kier alpha value is -2.70. The molecule has 29 heavy (non-hydrogen) atoms. The predicted octanol–water partition coefficient (Wildman–Crippen LogP) is 5.38. The number of hydrogen-bond acceptors (Lipinski definition) is 5. The molecule has 0 spiro atoms. The highest BCUT2D eigenvalue weighted by Crippen LogP contribution is 2.21. The maximum Gasteiger partial charge on any atom is 0.220 e. The summed E-state index contributed by atoms with van der Waals surface area (Å²) in [6, 6.07) is 15.0. The average molecular weight is 428 g/mol. The van der Waals surface area contributed by atoms with Crippen LogP contribution in [0.5, 0.6) is 0 Å². The van der Waals surface area contributed by atoms with Gasteiger partial charge in [0.2, 0.25) is 5.91 Å². The van der Waals surface area contributed by atoms with Crippen molar-refractivity contribution in [2.45, 2.75) is 32.7 Å². The molecule has 5 nitrogen and oxygen atoms in total. The number of nitrogens with one attached hydrogen (secondary N) is 2. The Morgan fingerprint density at radius 1 is 1.07 bits per heavy atom. The molecule has 0 aliphatic carbocycles. The van der Waals surface area contributed by atoms with E-state index in [-0.39, 0.29) is 11.7 Å². The number of hydrogen-bond donors (Lipinski definition) is 2. The molecular formula is C22H22ClN3O2S. The van der Waals surface area contributed by atoms with Crippen molar-refractivity contribution in [3.8, 4) is 0 Å². The normalized spacial score (nSPS) is 10.6. The van der Waals surface area contributed by atoms with E-state index in [2.05, 4.69) is 15.6 Å². The molecule has 0 radical (unpaired) electrons. The number of aromatic nitrogens is 1. The first kappa shape index (κ1) is 21.0. The topological polar surface area (TPSA) is 71.1 Å². The van der Waals surface area contributed by atoms with Crippen LogP contribution < -0.4 is 10.6 Å². The molecule has 0 aliphatic rings. The Balaban J connectivity index is 1.40. The van der Waals surface area contributed by atoms with Gasteiger partial charge in [-0.25, -0.2) is 4.98 Å². The third kappa shape index (κ3) is 6.69. The average Bonchev–Trinajstić information content (AvgIpc) is 3.16. The zero-order valence-electron chi connectivity index (χ0n) is 16.1. The number of carbonyl (C=O) groups is 2. The molecule has 150 valence electrons. The standard InChI is InChI=1S/C22H22ClN3O2S/c1-15(27)17-7-11-19(12-8-17)25-22-26-20(14-29-22)13-24-21(28)4-2-3-16-5-9-18(23)10-6-16/h5-12,14H,2-4,13H2,1H3,(H,24,28)(H,25,26). The maximum absolute atomic E-state index is 12.0. The summed E-state index contributed by atoms with van der Waals surface area (Å²) in [5.41, 5.74) is 3.52. The number of halogens is 1. The Kier molecular flexibility index (Phi) is 7.38. The second-order valence-corrected chi connectivity index (χ2v) is 7.95. The Labute approximate surface area is 179 Å². The third-order valence-corrected chi connectivity index (χ3v) is 5.40. The van der Waals surface area contributed by atoms with Gasteiger partial charge in [-0.05, 0) is 61.7 Å². The van der Waals surface area contributed by atoms with Gasteiger partial charge in [0, 0.05) is 28.1 Å². The Morgan fingerprint density at radius 3 is 2.48 bits per heavy atom. The van der Waals surface area contributed by atoms with Crippen molar-refractivity contribution in [1.29, 1.82) is 0 Å². The molecule has 2 aromatic carbocycles. The lowest BCUT2D eigenvalue weighted by molar-refractivity contribution is -0.121. The maximum atomic E-state index is 12.0. The van der Waals surface area contributed by atoms with E-state index in [1.807, 2.05) is 41.8 Å². The van der Waals surface area contributed by atoms with Gasteiger partial charge in [-0.15, -0.1) is 11.3 Å². The highest BCUT2D eigenvalue weighted by molar-refractivity contribution is 7.13. The van der Waals surface area contributed by atoms with Gasteiger partial charge in [0.25, 0.3) is 0 Å². The SMILES string of the molecule is CC(=O)c1ccc(Nc2nc(CNC(=O)CCCc3ccc(Cl)cc3)cs2)cc1. The number of anilines is 2. The molecular weight excluding hydrogens is 406 g/mol. The minimum Gasteiger partial charge on any atom is -0.350 e. The van der Waals surface area contributed by atoms with Crippen molar-refractivity contribution in [3.05, 3.63) is 75.8 Å². The van der Waals surface area contributed by atoms with Crippen LogP contribution >= 0.6 is 22.9 Å². The number of aryl methyl sites for hydroxylation is 1. The van der Waals surface area contributed by atoms with E-state index >= 15 is 0 Å². The van der Waals surface area contributed by atoms with E-state index in [4.69, 9.17) is 11.6 Å². The number of thiazole rings is 1. The van der Waals surface area contributed by atoms with Crippen LogP contribution in [-0.4, -0.2) is 16.7 Å². The van der Waals surface area contributed by atoms with Gasteiger partial charge in [0.15, 0.2) is 10.9 Å². The van der Waals surface area contributed by atoms with Crippen LogP contribution in [-0.2, 0) is 17.8 Å². The van der Waals surface area contributed by atoms with E-state index < -0.39 is 0 Å². The first-order valence-corrected chi connectivity index (χ1v) is 10.6. The van der Waals surface area contributed by atoms with Crippen molar-refractivity contribution in [3.63, 3.8) is 0 Å². The summed E-state index contributed by atoms with van der Waals surface area (Å²) >= 11 is 7.35. The quantitative estimate of drug-likeness (QED) is 0.449. The highest BCUT2D eigenvalue weighted by Gasteiger charge is 2.06. The largest absolute Gasteiger partial charge is 0.350 e. The van der Waals surface area contributed by atoms with Gasteiger partial charge >= 0.3 is 0 Å². The number of carbonyl (C=O) groups excluding carboxylic acids is 2. The van der Waals surface area contributed by atoms with E-state index in [0.717, 1.165) is 34.4 Å². The van der Waals surface area contributed by atoms with E-state index in [1.165, 1.54) is 16.9 Å². The van der Waals surface area contributed by atoms with E-state index in [9.17, 15) is 9.59 Å². The van der Waals surface area contributed by atoms with Crippen LogP contribution in [0.4, 0.5) is 10.8 Å². The van der Waals surface area contributed by atoms with Crippen LogP contribution in [0, 0.1) is 0 Å². The first-order chi connectivity index (χ1) is 14.0. The summed E-state index contributed by atoms with van der Waals surface area (Å²) in [5.74, 6) is 0.0540. The number of amides is 1. The molecule has 0 bridgehead atoms. The summed E-state index contributed by atoms with van der Waals surface area (Å²) in [6.45, 7) is 1.95. The van der Waals surface area contributed by atoms with Gasteiger partial charge < -0.3 is 10.6 Å². The molecule has 0 saturated carbocycles. The second kappa shape index (κ2) is 10.2. The minimum atomic E-state index is 0.0151. The number of rotatable bonds is 9. The van der Waals surface area contributed by atoms with Crippen molar-refractivity contribution < 1.29 is 9.59 Å². The molecule has 1 aromatic heterocycles. The summed E-state index contributed by atoms with van der Waals surface area (Å²) in [4.78, 5) is 27.9. The minimum absolute atomic E-state index is 0.0151. The van der Waals surface area contributed by atoms with E-state index in [1.54, 1.807) is 19.1 Å². The summed E-state index contributed by atoms with van der Waals surface area (Å²) in [5, 5.41) is 9.50. The molecule has 7 heteroatoms. The summed E-state index contributed by atoms with van der Waals surface area (Å²) in [7, 11) is 0. The van der Waals surface area contributed by atoms with Gasteiger partial charge in [0.1, 0.15) is 0 Å². The number of nitrogens with zero attached hydrogens (tertiary/aromatic N) is 1. The van der Waals surface area contributed by atoms with Crippen molar-refractivity contribution >= 4 is 45.4 Å². The van der Waals surface area contributed by atoms with Crippen LogP contribution in [0.2, 0.25) is 5.02 Å². The number of ketones is 1. The zero-order chi connectivity index (χ0) is 20.6. The lowest BCUT2D eigenvalue weighted by atomic mass is 10.1. The molecule has 0 atom stereocenters. The van der Waals surface area contributed by atoms with E-state index in [0.29, 0.717) is 18.5 Å². The summed E-state index contributed by atoms with van der Waals surface area (Å²) in [6.07, 6.45) is 2.10. The second-order valence-electron chi connectivity index (χ2n) is 6.66. The zero-order valence-corrected chi connectivity index (χ0v) is 17.6. The molecule has 0 unspecified atom stereocenters. The smallest absolute Gasteiger partial charge is 0.220 e. The van der Waals surface area contributed by atoms with Crippen LogP contribution in [0.3, 0.4) is 0 Å². The van der Waals surface area contributed by atoms with Crippen LogP contribution in [0.1, 0.15) is 41.4 Å². The molecule has 0 saturated heterocycles. The molecule has 3 rings (SSSR count). The van der Waals surface area contributed by atoms with Gasteiger partial charge in [0.05, 0.1) is 12.2 Å². The Morgan fingerprint density at radius 2 is 1.79 bits per heavy atom. The molecule has 1 heterocycles. The highest BCUT2D eigenvalue weighted by atomic mass is 35.5. The fraction of sp³-hybridized carbons (Fsp3) is 0.227. The van der Waals surface area contributed by atoms with Crippen molar-refractivity contribution in [2.24, 2.45) is 0 Å². The van der Waals surface area contributed by atoms with Crippen molar-refractivity contribution in [1.82, 2.24) is 10.3 Å². The lowest BCUT2D eigenvalue weighted by Gasteiger charge is -2.05. The molecule has 1 amide bonds. The molecule has 2 N–H and O–H groups in total. The molecule has 0 aliphatic heterocycles. The number of benzene rings is 2. The van der Waals surface area contributed by atoms with Gasteiger partial charge in [-0.2, -0.15) is 0 Å². The first-order valence-electron chi connectivity index (χ1n) is 9.33. The van der Waals surface area contributed by atoms with Crippen LogP contribution in [0.15, 0.2) is 53.9 Å². The predicted molar refractivity (Wildman–Crippen MR) is 118 cm³/mol. The van der Waals surface area contributed by atoms with Gasteiger partial charge in [-0.3, -0.25) is 9.59 Å². The Bertz CT molecular complexity index is 968. The monoisotopic (exact) mass is 427 g/mol. The molecule has 3 aromatic rings. The molecule has 0 fully saturated rings. The van der Waals surface area contributed by atoms with Crippen molar-refractivity contribution in [2.75, 3.05) is 5.32 Å². The summed E-state index contributed by atoms with van der Waals surface area (Å²) < 4.78 is 0. The fourth-order valence-corrected chi connectivity index (χ4v) is 3.60. The number of Topliss-reactive ketones (excluding diaryl/α,β-unsaturated/α-hetero) is 1. The van der Waals surface area contributed by atoms with Gasteiger partial charge in [-0.1, -0.05) is 23.7 Å². The third-order valence-electron chi connectivity index (χ3n) is 4.34. The fourth-order valence-electron chi connectivity index (χ4n) is 2.74. The lowest BCUT2D eigenvalue weighted by Crippen LogP contribution is -2.22. The van der Waals surface area contributed by atoms with Crippen LogP contribution in [0.25, 0.3) is 0 Å².